The summed E-state index contributed by atoms with van der Waals surface area (Å²) in [6, 6.07) is 5.30. The van der Waals surface area contributed by atoms with Crippen molar-refractivity contribution in [1.82, 2.24) is 10.2 Å². The molecule has 1 atom stereocenters. The molecular weight excluding hydrogens is 341 g/mol. The van der Waals surface area contributed by atoms with Crippen LogP contribution >= 0.6 is 12.4 Å². The number of alkyl halides is 3. The van der Waals surface area contributed by atoms with E-state index >= 15 is 0 Å². The molecule has 3 nitrogen and oxygen atoms in total. The zero-order valence-corrected chi connectivity index (χ0v) is 14.9. The van der Waals surface area contributed by atoms with Gasteiger partial charge in [-0.2, -0.15) is 13.2 Å². The summed E-state index contributed by atoms with van der Waals surface area (Å²) in [5.74, 6) is -0.128. The van der Waals surface area contributed by atoms with Crippen LogP contribution in [0.25, 0.3) is 0 Å². The van der Waals surface area contributed by atoms with E-state index in [0.29, 0.717) is 18.7 Å². The van der Waals surface area contributed by atoms with Gasteiger partial charge in [0.1, 0.15) is 0 Å². The van der Waals surface area contributed by atoms with E-state index in [9.17, 15) is 18.0 Å². The van der Waals surface area contributed by atoms with Crippen molar-refractivity contribution in [3.05, 3.63) is 35.4 Å². The number of benzene rings is 1. The zero-order valence-electron chi connectivity index (χ0n) is 14.1. The van der Waals surface area contributed by atoms with Crippen LogP contribution in [-0.2, 0) is 16.4 Å². The average molecular weight is 365 g/mol. The summed E-state index contributed by atoms with van der Waals surface area (Å²) in [5.41, 5.74) is -1.32. The molecule has 2 rings (SSSR count). The molecule has 0 bridgehead atoms. The molecule has 0 saturated carbocycles. The van der Waals surface area contributed by atoms with Gasteiger partial charge in [0.25, 0.3) is 0 Å². The second-order valence-electron chi connectivity index (χ2n) is 6.58. The number of rotatable bonds is 3. The number of carbonyl (C=O) groups is 1. The predicted molar refractivity (Wildman–Crippen MR) is 90.4 cm³/mol. The molecule has 1 aliphatic heterocycles. The van der Waals surface area contributed by atoms with Crippen LogP contribution in [0, 0.1) is 0 Å². The molecule has 1 fully saturated rings. The lowest BCUT2D eigenvalue weighted by Gasteiger charge is -2.38. The van der Waals surface area contributed by atoms with E-state index in [2.05, 4.69) is 5.32 Å². The van der Waals surface area contributed by atoms with E-state index in [0.717, 1.165) is 25.0 Å². The molecule has 1 aromatic rings. The molecule has 1 saturated heterocycles. The Kier molecular flexibility index (Phi) is 6.70. The fourth-order valence-corrected chi connectivity index (χ4v) is 3.00. The summed E-state index contributed by atoms with van der Waals surface area (Å²) in [6.45, 7) is 4.62. The van der Waals surface area contributed by atoms with Gasteiger partial charge in [0.15, 0.2) is 0 Å². The molecule has 1 aromatic carbocycles. The van der Waals surface area contributed by atoms with Gasteiger partial charge in [-0.1, -0.05) is 18.2 Å². The summed E-state index contributed by atoms with van der Waals surface area (Å²) in [7, 11) is 1.86. The highest BCUT2D eigenvalue weighted by Gasteiger charge is 2.38. The van der Waals surface area contributed by atoms with E-state index in [1.807, 2.05) is 7.05 Å². The number of hydrogen-bond acceptors (Lipinski definition) is 2. The van der Waals surface area contributed by atoms with Crippen LogP contribution in [0.15, 0.2) is 24.3 Å². The van der Waals surface area contributed by atoms with Gasteiger partial charge in [-0.05, 0) is 45.4 Å². The van der Waals surface area contributed by atoms with E-state index in [1.165, 1.54) is 6.07 Å². The number of hydrogen-bond donors (Lipinski definition) is 1. The first kappa shape index (κ1) is 20.8. The number of likely N-dealkylation sites (N-methyl/N-ethyl adjacent to an activating group) is 1. The van der Waals surface area contributed by atoms with Crippen molar-refractivity contribution in [1.29, 1.82) is 0 Å². The van der Waals surface area contributed by atoms with Gasteiger partial charge in [0.05, 0.1) is 11.0 Å². The minimum Gasteiger partial charge on any atom is -0.340 e. The molecule has 0 radical (unpaired) electrons. The van der Waals surface area contributed by atoms with Gasteiger partial charge in [-0.15, -0.1) is 12.4 Å². The minimum atomic E-state index is -4.41. The Labute approximate surface area is 147 Å². The number of nitrogens with one attached hydrogen (secondary N) is 1. The molecule has 1 N–H and O–H groups in total. The number of carbonyl (C=O) groups excluding carboxylic acids is 1. The quantitative estimate of drug-likeness (QED) is 0.888. The Morgan fingerprint density at radius 3 is 2.46 bits per heavy atom. The number of piperidine rings is 1. The third kappa shape index (κ3) is 4.42. The Hall–Kier alpha value is -1.27. The molecule has 0 aliphatic carbocycles. The summed E-state index contributed by atoms with van der Waals surface area (Å²) < 4.78 is 38.7. The van der Waals surface area contributed by atoms with E-state index in [-0.39, 0.29) is 24.4 Å². The lowest BCUT2D eigenvalue weighted by Crippen LogP contribution is -2.52. The molecule has 0 spiro atoms. The van der Waals surface area contributed by atoms with Gasteiger partial charge in [0, 0.05) is 19.1 Å². The number of nitrogens with zero attached hydrogens (tertiary/aromatic N) is 1. The third-order valence-electron chi connectivity index (χ3n) is 4.56. The van der Waals surface area contributed by atoms with Crippen molar-refractivity contribution in [2.24, 2.45) is 0 Å². The summed E-state index contributed by atoms with van der Waals surface area (Å²) >= 11 is 0. The normalized spacial score (nSPS) is 18.9. The van der Waals surface area contributed by atoms with Crippen LogP contribution in [-0.4, -0.2) is 37.0 Å². The molecule has 24 heavy (non-hydrogen) atoms. The predicted octanol–water partition coefficient (Wildman–Crippen LogP) is 3.62. The van der Waals surface area contributed by atoms with Crippen LogP contribution in [0.1, 0.15) is 37.8 Å². The lowest BCUT2D eigenvalue weighted by atomic mass is 9.82. The zero-order chi connectivity index (χ0) is 17.3. The monoisotopic (exact) mass is 364 g/mol. The molecular formula is C17H24ClF3N2O. The van der Waals surface area contributed by atoms with Crippen molar-refractivity contribution < 1.29 is 18.0 Å². The van der Waals surface area contributed by atoms with E-state index < -0.39 is 17.2 Å². The van der Waals surface area contributed by atoms with E-state index in [1.54, 1.807) is 24.8 Å². The van der Waals surface area contributed by atoms with Gasteiger partial charge in [0.2, 0.25) is 5.91 Å². The Bertz CT molecular complexity index is 575. The van der Waals surface area contributed by atoms with Gasteiger partial charge < -0.3 is 10.2 Å². The van der Waals surface area contributed by atoms with Gasteiger partial charge in [-0.3, -0.25) is 4.79 Å². The Morgan fingerprint density at radius 1 is 1.25 bits per heavy atom. The standard InChI is InChI=1S/C17H23F3N2O.ClH/c1-16(2,12-6-4-7-13(10-12)17(18,19)20)15(23)22-9-5-8-14(11-22)21-3;/h4,6-7,10,14,21H,5,8-9,11H2,1-3H3;1H. The maximum absolute atomic E-state index is 12.9. The minimum absolute atomic E-state index is 0. The van der Waals surface area contributed by atoms with Gasteiger partial charge >= 0.3 is 6.18 Å². The first-order valence-corrected chi connectivity index (χ1v) is 7.80. The summed E-state index contributed by atoms with van der Waals surface area (Å²) in [5, 5.41) is 3.17. The van der Waals surface area contributed by atoms with E-state index in [4.69, 9.17) is 0 Å². The summed E-state index contributed by atoms with van der Waals surface area (Å²) in [6.07, 6.45) is -2.50. The number of amides is 1. The molecule has 1 unspecified atom stereocenters. The molecule has 136 valence electrons. The van der Waals surface area contributed by atoms with Crippen LogP contribution in [0.5, 0.6) is 0 Å². The van der Waals surface area contributed by atoms with Crippen molar-refractivity contribution in [2.75, 3.05) is 20.1 Å². The fraction of sp³-hybridized carbons (Fsp3) is 0.588. The van der Waals surface area contributed by atoms with Crippen molar-refractivity contribution in [3.63, 3.8) is 0 Å². The number of halogens is 4. The van der Waals surface area contributed by atoms with Crippen LogP contribution in [0.3, 0.4) is 0 Å². The topological polar surface area (TPSA) is 32.3 Å². The van der Waals surface area contributed by atoms with Gasteiger partial charge in [-0.25, -0.2) is 0 Å². The van der Waals surface area contributed by atoms with Crippen LogP contribution < -0.4 is 5.32 Å². The average Bonchev–Trinajstić information content (AvgIpc) is 2.53. The Balaban J connectivity index is 0.00000288. The van der Waals surface area contributed by atoms with Crippen molar-refractivity contribution in [2.45, 2.75) is 44.3 Å². The highest BCUT2D eigenvalue weighted by Crippen LogP contribution is 2.34. The van der Waals surface area contributed by atoms with Crippen molar-refractivity contribution >= 4 is 18.3 Å². The first-order valence-electron chi connectivity index (χ1n) is 7.80. The molecule has 1 amide bonds. The third-order valence-corrected chi connectivity index (χ3v) is 4.56. The van der Waals surface area contributed by atoms with Crippen molar-refractivity contribution in [3.8, 4) is 0 Å². The number of likely N-dealkylation sites (tertiary alicyclic amines) is 1. The second kappa shape index (κ2) is 7.74. The largest absolute Gasteiger partial charge is 0.416 e. The van der Waals surface area contributed by atoms with Crippen LogP contribution in [0.4, 0.5) is 13.2 Å². The molecule has 0 aromatic heterocycles. The maximum Gasteiger partial charge on any atom is 0.416 e. The Morgan fingerprint density at radius 2 is 1.88 bits per heavy atom. The highest BCUT2D eigenvalue weighted by atomic mass is 35.5. The smallest absolute Gasteiger partial charge is 0.340 e. The first-order chi connectivity index (χ1) is 10.7. The highest BCUT2D eigenvalue weighted by molar-refractivity contribution is 5.87. The molecule has 1 heterocycles. The molecule has 1 aliphatic rings. The second-order valence-corrected chi connectivity index (χ2v) is 6.58. The summed E-state index contributed by atoms with van der Waals surface area (Å²) in [4.78, 5) is 14.6. The lowest BCUT2D eigenvalue weighted by molar-refractivity contribution is -0.139. The van der Waals surface area contributed by atoms with Crippen LogP contribution in [0.2, 0.25) is 0 Å². The maximum atomic E-state index is 12.9. The molecule has 7 heteroatoms. The SMILES string of the molecule is CNC1CCCN(C(=O)C(C)(C)c2cccc(C(F)(F)F)c2)C1.Cl. The fourth-order valence-electron chi connectivity index (χ4n) is 3.00.